The lowest BCUT2D eigenvalue weighted by atomic mass is 9.88. The van der Waals surface area contributed by atoms with Crippen molar-refractivity contribution in [3.05, 3.63) is 35.4 Å². The van der Waals surface area contributed by atoms with Crippen LogP contribution in [0.2, 0.25) is 0 Å². The van der Waals surface area contributed by atoms with E-state index < -0.39 is 0 Å². The van der Waals surface area contributed by atoms with Gasteiger partial charge in [-0.1, -0.05) is 24.3 Å². The highest BCUT2D eigenvalue weighted by Crippen LogP contribution is 2.36. The molecule has 0 radical (unpaired) electrons. The number of piperazine rings is 1. The molecule has 3 rings (SSSR count). The van der Waals surface area contributed by atoms with E-state index in [-0.39, 0.29) is 0 Å². The highest BCUT2D eigenvalue weighted by atomic mass is 15.3. The van der Waals surface area contributed by atoms with Gasteiger partial charge in [0.15, 0.2) is 0 Å². The molecule has 0 bridgehead atoms. The fourth-order valence-electron chi connectivity index (χ4n) is 3.61. The maximum atomic E-state index is 5.99. The zero-order valence-corrected chi connectivity index (χ0v) is 12.6. The summed E-state index contributed by atoms with van der Waals surface area (Å²) in [6.07, 6.45) is 0. The number of hydrogen-bond acceptors (Lipinski definition) is 4. The van der Waals surface area contributed by atoms with Crippen LogP contribution >= 0.6 is 0 Å². The average Bonchev–Trinajstić information content (AvgIpc) is 2.47. The Morgan fingerprint density at radius 3 is 2.35 bits per heavy atom. The minimum atomic E-state index is 0.370. The molecule has 110 valence electrons. The summed E-state index contributed by atoms with van der Waals surface area (Å²) in [5.74, 6) is 0. The van der Waals surface area contributed by atoms with E-state index in [0.717, 1.165) is 19.6 Å². The molecular weight excluding hydrogens is 248 g/mol. The van der Waals surface area contributed by atoms with Crippen LogP contribution in [0.5, 0.6) is 0 Å². The number of benzene rings is 1. The van der Waals surface area contributed by atoms with Crippen LogP contribution in [0, 0.1) is 0 Å². The van der Waals surface area contributed by atoms with Gasteiger partial charge in [-0.25, -0.2) is 0 Å². The molecule has 1 saturated heterocycles. The summed E-state index contributed by atoms with van der Waals surface area (Å²) in [6.45, 7) is 6.45. The quantitative estimate of drug-likeness (QED) is 0.870. The lowest BCUT2D eigenvalue weighted by molar-refractivity contribution is 0.0701. The summed E-state index contributed by atoms with van der Waals surface area (Å²) in [6, 6.07) is 9.75. The first-order valence-corrected chi connectivity index (χ1v) is 7.62. The van der Waals surface area contributed by atoms with Crippen LogP contribution in [0.25, 0.3) is 0 Å². The largest absolute Gasteiger partial charge is 0.329 e. The van der Waals surface area contributed by atoms with Gasteiger partial charge in [-0.05, 0) is 25.2 Å². The Labute approximate surface area is 122 Å². The van der Waals surface area contributed by atoms with E-state index in [0.29, 0.717) is 18.6 Å². The van der Waals surface area contributed by atoms with E-state index in [2.05, 4.69) is 53.1 Å². The minimum Gasteiger partial charge on any atom is -0.329 e. The molecular formula is C16H26N4. The van der Waals surface area contributed by atoms with Crippen molar-refractivity contribution in [3.8, 4) is 0 Å². The summed E-state index contributed by atoms with van der Waals surface area (Å²) in [5, 5.41) is 0. The van der Waals surface area contributed by atoms with Crippen molar-refractivity contribution < 1.29 is 0 Å². The Morgan fingerprint density at radius 2 is 1.70 bits per heavy atom. The third-order valence-corrected chi connectivity index (χ3v) is 4.91. The zero-order chi connectivity index (χ0) is 14.1. The van der Waals surface area contributed by atoms with E-state index in [4.69, 9.17) is 5.73 Å². The maximum absolute atomic E-state index is 5.99. The van der Waals surface area contributed by atoms with Crippen molar-refractivity contribution in [1.29, 1.82) is 0 Å². The summed E-state index contributed by atoms with van der Waals surface area (Å²) in [4.78, 5) is 7.48. The van der Waals surface area contributed by atoms with Gasteiger partial charge in [0, 0.05) is 51.4 Å². The molecule has 2 aliphatic heterocycles. The normalized spacial score (nSPS) is 29.4. The summed E-state index contributed by atoms with van der Waals surface area (Å²) in [7, 11) is 4.42. The standard InChI is InChI=1S/C16H26N4/c1-18-7-9-20(10-8-18)16-12-19(2)15(11-17)13-5-3-4-6-14(13)16/h3-6,15-16H,7-12,17H2,1-2H3. The maximum Gasteiger partial charge on any atom is 0.0479 e. The SMILES string of the molecule is CN1CCN(C2CN(C)C(CN)c3ccccc32)CC1. The third-order valence-electron chi connectivity index (χ3n) is 4.91. The lowest BCUT2D eigenvalue weighted by Gasteiger charge is -2.45. The topological polar surface area (TPSA) is 35.7 Å². The Balaban J connectivity index is 1.89. The van der Waals surface area contributed by atoms with Gasteiger partial charge < -0.3 is 10.6 Å². The van der Waals surface area contributed by atoms with Gasteiger partial charge in [-0.15, -0.1) is 0 Å². The number of rotatable bonds is 2. The molecule has 2 heterocycles. The molecule has 0 saturated carbocycles. The molecule has 1 fully saturated rings. The van der Waals surface area contributed by atoms with Crippen molar-refractivity contribution in [3.63, 3.8) is 0 Å². The van der Waals surface area contributed by atoms with Crippen LogP contribution < -0.4 is 5.73 Å². The van der Waals surface area contributed by atoms with Crippen LogP contribution in [0.3, 0.4) is 0 Å². The second-order valence-corrected chi connectivity index (χ2v) is 6.18. The van der Waals surface area contributed by atoms with Gasteiger partial charge in [-0.3, -0.25) is 9.80 Å². The average molecular weight is 274 g/mol. The van der Waals surface area contributed by atoms with Gasteiger partial charge in [-0.2, -0.15) is 0 Å². The van der Waals surface area contributed by atoms with Gasteiger partial charge in [0.25, 0.3) is 0 Å². The molecule has 2 aliphatic rings. The van der Waals surface area contributed by atoms with Crippen molar-refractivity contribution >= 4 is 0 Å². The Morgan fingerprint density at radius 1 is 1.05 bits per heavy atom. The van der Waals surface area contributed by atoms with Crippen LogP contribution in [0.4, 0.5) is 0 Å². The molecule has 4 heteroatoms. The number of nitrogens with two attached hydrogens (primary N) is 1. The number of hydrogen-bond donors (Lipinski definition) is 1. The van der Waals surface area contributed by atoms with Gasteiger partial charge in [0.05, 0.1) is 0 Å². The molecule has 4 nitrogen and oxygen atoms in total. The zero-order valence-electron chi connectivity index (χ0n) is 12.6. The van der Waals surface area contributed by atoms with Crippen molar-refractivity contribution in [1.82, 2.24) is 14.7 Å². The Bertz CT molecular complexity index is 454. The summed E-state index contributed by atoms with van der Waals surface area (Å²) >= 11 is 0. The molecule has 1 aromatic carbocycles. The fourth-order valence-corrected chi connectivity index (χ4v) is 3.61. The van der Waals surface area contributed by atoms with Gasteiger partial charge in [0.1, 0.15) is 0 Å². The van der Waals surface area contributed by atoms with Crippen LogP contribution in [0.15, 0.2) is 24.3 Å². The molecule has 0 amide bonds. The van der Waals surface area contributed by atoms with E-state index in [1.54, 1.807) is 0 Å². The number of likely N-dealkylation sites (N-methyl/N-ethyl adjacent to an activating group) is 2. The minimum absolute atomic E-state index is 0.370. The second kappa shape index (κ2) is 5.82. The molecule has 0 aliphatic carbocycles. The van der Waals surface area contributed by atoms with Crippen LogP contribution in [0.1, 0.15) is 23.2 Å². The molecule has 0 aromatic heterocycles. The summed E-state index contributed by atoms with van der Waals surface area (Å²) in [5.41, 5.74) is 8.90. The smallest absolute Gasteiger partial charge is 0.0479 e. The fraction of sp³-hybridized carbons (Fsp3) is 0.625. The predicted octanol–water partition coefficient (Wildman–Crippen LogP) is 0.920. The molecule has 1 aromatic rings. The highest BCUT2D eigenvalue weighted by Gasteiger charge is 2.34. The number of fused-ring (bicyclic) bond motifs is 1. The third kappa shape index (κ3) is 2.49. The number of nitrogens with zero attached hydrogens (tertiary/aromatic N) is 3. The van der Waals surface area contributed by atoms with Gasteiger partial charge in [0.2, 0.25) is 0 Å². The van der Waals surface area contributed by atoms with E-state index in [1.165, 1.54) is 24.2 Å². The van der Waals surface area contributed by atoms with E-state index in [9.17, 15) is 0 Å². The first-order valence-electron chi connectivity index (χ1n) is 7.62. The Kier molecular flexibility index (Phi) is 4.08. The van der Waals surface area contributed by atoms with Crippen molar-refractivity contribution in [2.45, 2.75) is 12.1 Å². The molecule has 2 unspecified atom stereocenters. The first-order chi connectivity index (χ1) is 9.70. The monoisotopic (exact) mass is 274 g/mol. The predicted molar refractivity (Wildman–Crippen MR) is 82.7 cm³/mol. The van der Waals surface area contributed by atoms with Crippen LogP contribution in [-0.2, 0) is 0 Å². The van der Waals surface area contributed by atoms with E-state index in [1.807, 2.05) is 0 Å². The molecule has 20 heavy (non-hydrogen) atoms. The summed E-state index contributed by atoms with van der Waals surface area (Å²) < 4.78 is 0. The highest BCUT2D eigenvalue weighted by molar-refractivity contribution is 5.35. The van der Waals surface area contributed by atoms with Crippen molar-refractivity contribution in [2.75, 3.05) is 53.4 Å². The lowest BCUT2D eigenvalue weighted by Crippen LogP contribution is -2.51. The van der Waals surface area contributed by atoms with Gasteiger partial charge >= 0.3 is 0 Å². The molecule has 2 N–H and O–H groups in total. The van der Waals surface area contributed by atoms with Crippen molar-refractivity contribution in [2.24, 2.45) is 5.73 Å². The molecule has 2 atom stereocenters. The Hall–Kier alpha value is -0.940. The molecule has 0 spiro atoms. The second-order valence-electron chi connectivity index (χ2n) is 6.18. The van der Waals surface area contributed by atoms with Crippen LogP contribution in [-0.4, -0.2) is 68.1 Å². The van der Waals surface area contributed by atoms with E-state index >= 15 is 0 Å². The first kappa shape index (κ1) is 14.0.